The van der Waals surface area contributed by atoms with Gasteiger partial charge in [0.2, 0.25) is 11.8 Å². The fourth-order valence-corrected chi connectivity index (χ4v) is 1.87. The number of carboxylic acids is 1. The van der Waals surface area contributed by atoms with Crippen LogP contribution in [-0.2, 0) is 20.9 Å². The molecular weight excluding hydrogens is 290 g/mol. The highest BCUT2D eigenvalue weighted by Gasteiger charge is 2.21. The van der Waals surface area contributed by atoms with Gasteiger partial charge in [-0.15, -0.1) is 0 Å². The standard InChI is InChI=1S/C14H19N3O5/c1-9-4-6-17(13(20)7-9)5-2-3-12(19)16-10(14(21)22)8-11(15)18/h4,6-7,10H,2-3,5,8H2,1H3,(H2,15,18)(H,16,19)(H,21,22). The Bertz CT molecular complexity index is 623. The average molecular weight is 309 g/mol. The van der Waals surface area contributed by atoms with Gasteiger partial charge in [0.25, 0.3) is 5.56 Å². The molecule has 1 aromatic rings. The maximum absolute atomic E-state index is 11.7. The Kier molecular flexibility index (Phi) is 6.30. The smallest absolute Gasteiger partial charge is 0.326 e. The Labute approximate surface area is 126 Å². The molecule has 1 atom stereocenters. The Morgan fingerprint density at radius 3 is 2.64 bits per heavy atom. The third kappa shape index (κ3) is 5.78. The number of aromatic nitrogens is 1. The summed E-state index contributed by atoms with van der Waals surface area (Å²) in [6.45, 7) is 2.16. The molecule has 0 fully saturated rings. The molecule has 4 N–H and O–H groups in total. The largest absolute Gasteiger partial charge is 0.480 e. The second-order valence-electron chi connectivity index (χ2n) is 4.97. The Hall–Kier alpha value is -2.64. The fourth-order valence-electron chi connectivity index (χ4n) is 1.87. The molecule has 1 unspecified atom stereocenters. The van der Waals surface area contributed by atoms with Crippen LogP contribution in [0.4, 0.5) is 0 Å². The van der Waals surface area contributed by atoms with Gasteiger partial charge in [-0.05, 0) is 25.0 Å². The van der Waals surface area contributed by atoms with Gasteiger partial charge < -0.3 is 20.7 Å². The highest BCUT2D eigenvalue weighted by molar-refractivity contribution is 5.88. The second-order valence-corrected chi connectivity index (χ2v) is 4.97. The van der Waals surface area contributed by atoms with E-state index in [-0.39, 0.29) is 12.0 Å². The van der Waals surface area contributed by atoms with Crippen molar-refractivity contribution >= 4 is 17.8 Å². The van der Waals surface area contributed by atoms with Gasteiger partial charge in [-0.3, -0.25) is 14.4 Å². The van der Waals surface area contributed by atoms with Gasteiger partial charge in [-0.25, -0.2) is 4.79 Å². The molecule has 22 heavy (non-hydrogen) atoms. The minimum absolute atomic E-state index is 0.0445. The Balaban J connectivity index is 2.47. The Morgan fingerprint density at radius 1 is 1.41 bits per heavy atom. The monoisotopic (exact) mass is 309 g/mol. The van der Waals surface area contributed by atoms with Crippen molar-refractivity contribution in [2.75, 3.05) is 0 Å². The summed E-state index contributed by atoms with van der Waals surface area (Å²) in [6.07, 6.45) is 1.60. The molecular formula is C14H19N3O5. The van der Waals surface area contributed by atoms with Crippen LogP contribution < -0.4 is 16.6 Å². The van der Waals surface area contributed by atoms with Crippen molar-refractivity contribution in [3.05, 3.63) is 34.2 Å². The van der Waals surface area contributed by atoms with Gasteiger partial charge in [0.15, 0.2) is 0 Å². The van der Waals surface area contributed by atoms with E-state index >= 15 is 0 Å². The van der Waals surface area contributed by atoms with Crippen LogP contribution in [0.2, 0.25) is 0 Å². The number of rotatable bonds is 8. The first-order valence-electron chi connectivity index (χ1n) is 6.77. The normalized spacial score (nSPS) is 11.7. The third-order valence-electron chi connectivity index (χ3n) is 2.99. The predicted molar refractivity (Wildman–Crippen MR) is 78.1 cm³/mol. The van der Waals surface area contributed by atoms with E-state index in [2.05, 4.69) is 5.32 Å². The lowest BCUT2D eigenvalue weighted by Gasteiger charge is -2.13. The number of nitrogens with zero attached hydrogens (tertiary/aromatic N) is 1. The number of carboxylic acid groups (broad SMARTS) is 1. The zero-order valence-corrected chi connectivity index (χ0v) is 12.2. The first-order chi connectivity index (χ1) is 10.3. The van der Waals surface area contributed by atoms with Gasteiger partial charge >= 0.3 is 5.97 Å². The molecule has 2 amide bonds. The third-order valence-corrected chi connectivity index (χ3v) is 2.99. The summed E-state index contributed by atoms with van der Waals surface area (Å²) < 4.78 is 1.47. The molecule has 0 saturated heterocycles. The molecule has 0 saturated carbocycles. The van der Waals surface area contributed by atoms with Crippen LogP contribution >= 0.6 is 0 Å². The van der Waals surface area contributed by atoms with Crippen molar-refractivity contribution in [1.29, 1.82) is 0 Å². The first kappa shape index (κ1) is 17.4. The number of carbonyl (C=O) groups excluding carboxylic acids is 2. The van der Waals surface area contributed by atoms with Crippen LogP contribution in [0, 0.1) is 6.92 Å². The lowest BCUT2D eigenvalue weighted by molar-refractivity contribution is -0.143. The molecule has 0 radical (unpaired) electrons. The van der Waals surface area contributed by atoms with Gasteiger partial charge in [-0.2, -0.15) is 0 Å². The molecule has 0 bridgehead atoms. The number of carbonyl (C=O) groups is 3. The summed E-state index contributed by atoms with van der Waals surface area (Å²) in [4.78, 5) is 44.9. The number of hydrogen-bond acceptors (Lipinski definition) is 4. The zero-order valence-electron chi connectivity index (χ0n) is 12.2. The summed E-state index contributed by atoms with van der Waals surface area (Å²) in [5.41, 5.74) is 5.62. The lowest BCUT2D eigenvalue weighted by Crippen LogP contribution is -2.43. The van der Waals surface area contributed by atoms with Crippen LogP contribution in [0.5, 0.6) is 0 Å². The van der Waals surface area contributed by atoms with Crippen molar-refractivity contribution in [2.24, 2.45) is 5.73 Å². The van der Waals surface area contributed by atoms with Crippen molar-refractivity contribution in [3.8, 4) is 0 Å². The fraction of sp³-hybridized carbons (Fsp3) is 0.429. The molecule has 0 aliphatic carbocycles. The number of amides is 2. The summed E-state index contributed by atoms with van der Waals surface area (Å²) in [5, 5.41) is 11.1. The van der Waals surface area contributed by atoms with Crippen molar-refractivity contribution in [2.45, 2.75) is 38.8 Å². The summed E-state index contributed by atoms with van der Waals surface area (Å²) in [7, 11) is 0. The van der Waals surface area contributed by atoms with Crippen LogP contribution in [-0.4, -0.2) is 33.5 Å². The number of pyridine rings is 1. The maximum atomic E-state index is 11.7. The molecule has 0 aromatic carbocycles. The van der Waals surface area contributed by atoms with E-state index in [1.165, 1.54) is 10.6 Å². The number of primary amides is 1. The van der Waals surface area contributed by atoms with E-state index in [9.17, 15) is 19.2 Å². The van der Waals surface area contributed by atoms with E-state index < -0.39 is 30.2 Å². The molecule has 8 heteroatoms. The number of hydrogen-bond donors (Lipinski definition) is 3. The molecule has 1 aromatic heterocycles. The molecule has 120 valence electrons. The SMILES string of the molecule is Cc1ccn(CCCC(=O)NC(CC(N)=O)C(=O)O)c(=O)c1. The number of nitrogens with two attached hydrogens (primary N) is 1. The van der Waals surface area contributed by atoms with Gasteiger partial charge in [0, 0.05) is 25.2 Å². The Morgan fingerprint density at radius 2 is 2.09 bits per heavy atom. The van der Waals surface area contributed by atoms with Gasteiger partial charge in [-0.1, -0.05) is 0 Å². The maximum Gasteiger partial charge on any atom is 0.326 e. The highest BCUT2D eigenvalue weighted by Crippen LogP contribution is 1.98. The van der Waals surface area contributed by atoms with Crippen molar-refractivity contribution in [3.63, 3.8) is 0 Å². The topological polar surface area (TPSA) is 131 Å². The van der Waals surface area contributed by atoms with E-state index in [4.69, 9.17) is 10.8 Å². The second kappa shape index (κ2) is 7.96. The summed E-state index contributed by atoms with van der Waals surface area (Å²) in [5.74, 6) is -2.63. The molecule has 0 aliphatic heterocycles. The van der Waals surface area contributed by atoms with E-state index in [0.717, 1.165) is 5.56 Å². The number of aliphatic carboxylic acids is 1. The quantitative estimate of drug-likeness (QED) is 0.589. The molecule has 1 heterocycles. The number of aryl methyl sites for hydroxylation is 2. The van der Waals surface area contributed by atoms with E-state index in [1.807, 2.05) is 6.92 Å². The van der Waals surface area contributed by atoms with Crippen molar-refractivity contribution < 1.29 is 19.5 Å². The highest BCUT2D eigenvalue weighted by atomic mass is 16.4. The van der Waals surface area contributed by atoms with E-state index in [0.29, 0.717) is 13.0 Å². The molecule has 1 rings (SSSR count). The first-order valence-corrected chi connectivity index (χ1v) is 6.77. The van der Waals surface area contributed by atoms with Crippen LogP contribution in [0.25, 0.3) is 0 Å². The van der Waals surface area contributed by atoms with Gasteiger partial charge in [0.1, 0.15) is 6.04 Å². The lowest BCUT2D eigenvalue weighted by atomic mass is 10.2. The summed E-state index contributed by atoms with van der Waals surface area (Å²) in [6, 6.07) is 1.95. The molecule has 0 aliphatic rings. The van der Waals surface area contributed by atoms with Crippen molar-refractivity contribution in [1.82, 2.24) is 9.88 Å². The minimum atomic E-state index is -1.33. The van der Waals surface area contributed by atoms with Crippen LogP contribution in [0.15, 0.2) is 23.1 Å². The van der Waals surface area contributed by atoms with Gasteiger partial charge in [0.05, 0.1) is 6.42 Å². The summed E-state index contributed by atoms with van der Waals surface area (Å²) >= 11 is 0. The van der Waals surface area contributed by atoms with E-state index in [1.54, 1.807) is 12.3 Å². The average Bonchev–Trinajstić information content (AvgIpc) is 2.40. The van der Waals surface area contributed by atoms with Crippen LogP contribution in [0.1, 0.15) is 24.8 Å². The predicted octanol–water partition coefficient (Wildman–Crippen LogP) is -0.618. The minimum Gasteiger partial charge on any atom is -0.480 e. The molecule has 0 spiro atoms. The molecule has 8 nitrogen and oxygen atoms in total. The van der Waals surface area contributed by atoms with Crippen LogP contribution in [0.3, 0.4) is 0 Å². The zero-order chi connectivity index (χ0) is 16.7. The number of nitrogens with one attached hydrogen (secondary N) is 1.